The fourth-order valence-corrected chi connectivity index (χ4v) is 2.16. The molecule has 0 saturated carbocycles. The summed E-state index contributed by atoms with van der Waals surface area (Å²) in [6.07, 6.45) is 3.48. The Morgan fingerprint density at radius 3 is 2.33 bits per heavy atom. The lowest BCUT2D eigenvalue weighted by atomic mass is 10.1. The molecule has 0 spiro atoms. The first-order chi connectivity index (χ1) is 9.33. The summed E-state index contributed by atoms with van der Waals surface area (Å²) >= 11 is 0. The van der Waals surface area contributed by atoms with Crippen molar-refractivity contribution in [2.75, 3.05) is 31.1 Å². The maximum absolute atomic E-state index is 12.9. The van der Waals surface area contributed by atoms with Gasteiger partial charge in [0.15, 0.2) is 0 Å². The normalized spacial score (nSPS) is 14.0. The van der Waals surface area contributed by atoms with Crippen LogP contribution in [-0.4, -0.2) is 36.1 Å². The molecule has 0 aliphatic carbocycles. The minimum Gasteiger partial charge on any atom is -0.353 e. The van der Waals surface area contributed by atoms with Crippen molar-refractivity contribution in [3.63, 3.8) is 0 Å². The van der Waals surface area contributed by atoms with E-state index in [9.17, 15) is 4.39 Å². The molecule has 7 heteroatoms. The van der Waals surface area contributed by atoms with Crippen molar-refractivity contribution in [2.24, 2.45) is 0 Å². The van der Waals surface area contributed by atoms with Gasteiger partial charge in [0.05, 0.1) is 18.1 Å². The van der Waals surface area contributed by atoms with E-state index in [0.717, 1.165) is 43.3 Å². The number of nitrogens with zero attached hydrogens (tertiary/aromatic N) is 3. The molecule has 1 aliphatic rings. The summed E-state index contributed by atoms with van der Waals surface area (Å²) in [7, 11) is 0. The number of halogens is 3. The van der Waals surface area contributed by atoms with Gasteiger partial charge in [-0.2, -0.15) is 0 Å². The number of anilines is 1. The van der Waals surface area contributed by atoms with Crippen molar-refractivity contribution in [3.05, 3.63) is 42.5 Å². The van der Waals surface area contributed by atoms with Crippen LogP contribution >= 0.6 is 24.8 Å². The summed E-state index contributed by atoms with van der Waals surface area (Å²) < 4.78 is 12.9. The minimum atomic E-state index is -0.241. The average molecular weight is 331 g/mol. The van der Waals surface area contributed by atoms with Gasteiger partial charge in [-0.1, -0.05) is 0 Å². The third-order valence-electron chi connectivity index (χ3n) is 3.20. The minimum absolute atomic E-state index is 0. The number of aromatic nitrogens is 2. The van der Waals surface area contributed by atoms with Gasteiger partial charge in [0.1, 0.15) is 11.6 Å². The van der Waals surface area contributed by atoms with Crippen molar-refractivity contribution in [1.29, 1.82) is 0 Å². The van der Waals surface area contributed by atoms with Crippen molar-refractivity contribution < 1.29 is 4.39 Å². The highest BCUT2D eigenvalue weighted by Gasteiger charge is 2.12. The first-order valence-corrected chi connectivity index (χ1v) is 6.36. The molecular weight excluding hydrogens is 314 g/mol. The van der Waals surface area contributed by atoms with Crippen LogP contribution in [-0.2, 0) is 0 Å². The van der Waals surface area contributed by atoms with Crippen LogP contribution < -0.4 is 10.2 Å². The van der Waals surface area contributed by atoms with E-state index in [0.29, 0.717) is 0 Å². The third-order valence-corrected chi connectivity index (χ3v) is 3.20. The van der Waals surface area contributed by atoms with Crippen molar-refractivity contribution in [2.45, 2.75) is 0 Å². The van der Waals surface area contributed by atoms with Crippen LogP contribution in [0.25, 0.3) is 11.3 Å². The van der Waals surface area contributed by atoms with Crippen molar-refractivity contribution >= 4 is 30.6 Å². The first kappa shape index (κ1) is 17.6. The number of hydrogen-bond acceptors (Lipinski definition) is 4. The Morgan fingerprint density at radius 1 is 1.00 bits per heavy atom. The molecule has 0 unspecified atom stereocenters. The second kappa shape index (κ2) is 8.12. The zero-order valence-electron chi connectivity index (χ0n) is 11.3. The Labute approximate surface area is 135 Å². The molecule has 1 saturated heterocycles. The van der Waals surface area contributed by atoms with Crippen LogP contribution in [0.3, 0.4) is 0 Å². The van der Waals surface area contributed by atoms with Crippen molar-refractivity contribution in [3.8, 4) is 11.3 Å². The molecule has 0 atom stereocenters. The summed E-state index contributed by atoms with van der Waals surface area (Å²) in [5, 5.41) is 3.31. The van der Waals surface area contributed by atoms with Crippen LogP contribution in [0, 0.1) is 5.82 Å². The van der Waals surface area contributed by atoms with E-state index in [1.165, 1.54) is 12.1 Å². The van der Waals surface area contributed by atoms with E-state index >= 15 is 0 Å². The van der Waals surface area contributed by atoms with Gasteiger partial charge in [-0.25, -0.2) is 9.37 Å². The highest BCUT2D eigenvalue weighted by molar-refractivity contribution is 5.85. The van der Waals surface area contributed by atoms with E-state index in [1.807, 2.05) is 0 Å². The lowest BCUT2D eigenvalue weighted by Crippen LogP contribution is -2.43. The molecule has 1 aliphatic heterocycles. The number of hydrogen-bond donors (Lipinski definition) is 1. The van der Waals surface area contributed by atoms with Gasteiger partial charge in [0, 0.05) is 31.7 Å². The lowest BCUT2D eigenvalue weighted by molar-refractivity contribution is 0.584. The van der Waals surface area contributed by atoms with Gasteiger partial charge >= 0.3 is 0 Å². The van der Waals surface area contributed by atoms with E-state index in [2.05, 4.69) is 20.2 Å². The van der Waals surface area contributed by atoms with Crippen LogP contribution in [0.2, 0.25) is 0 Å². The molecule has 2 aromatic rings. The van der Waals surface area contributed by atoms with Crippen LogP contribution in [0.5, 0.6) is 0 Å². The zero-order valence-corrected chi connectivity index (χ0v) is 13.0. The second-order valence-electron chi connectivity index (χ2n) is 4.51. The molecule has 4 nitrogen and oxygen atoms in total. The molecule has 3 rings (SSSR count). The fraction of sp³-hybridized carbons (Fsp3) is 0.286. The smallest absolute Gasteiger partial charge is 0.147 e. The fourth-order valence-electron chi connectivity index (χ4n) is 2.16. The molecule has 1 N–H and O–H groups in total. The summed E-state index contributed by atoms with van der Waals surface area (Å²) in [5.41, 5.74) is 1.65. The van der Waals surface area contributed by atoms with E-state index in [-0.39, 0.29) is 30.6 Å². The highest BCUT2D eigenvalue weighted by Crippen LogP contribution is 2.19. The number of benzene rings is 1. The van der Waals surface area contributed by atoms with Crippen molar-refractivity contribution in [1.82, 2.24) is 15.3 Å². The summed E-state index contributed by atoms with van der Waals surface area (Å²) in [6.45, 7) is 3.79. The largest absolute Gasteiger partial charge is 0.353 e. The number of rotatable bonds is 2. The maximum atomic E-state index is 12.9. The molecule has 21 heavy (non-hydrogen) atoms. The molecule has 1 aromatic heterocycles. The Bertz CT molecular complexity index is 559. The number of nitrogens with one attached hydrogen (secondary N) is 1. The first-order valence-electron chi connectivity index (χ1n) is 6.36. The second-order valence-corrected chi connectivity index (χ2v) is 4.51. The molecule has 0 amide bonds. The Hall–Kier alpha value is -1.43. The third kappa shape index (κ3) is 4.27. The molecule has 1 aromatic carbocycles. The van der Waals surface area contributed by atoms with Crippen LogP contribution in [0.1, 0.15) is 0 Å². The lowest BCUT2D eigenvalue weighted by Gasteiger charge is -2.28. The molecule has 1 fully saturated rings. The Kier molecular flexibility index (Phi) is 6.81. The van der Waals surface area contributed by atoms with Gasteiger partial charge in [-0.15, -0.1) is 24.8 Å². The van der Waals surface area contributed by atoms with Crippen LogP contribution in [0.4, 0.5) is 10.2 Å². The van der Waals surface area contributed by atoms with Gasteiger partial charge in [-0.05, 0) is 24.3 Å². The van der Waals surface area contributed by atoms with E-state index < -0.39 is 0 Å². The SMILES string of the molecule is Cl.Cl.Fc1ccc(-c2cncc(N3CCNCC3)n2)cc1. The highest BCUT2D eigenvalue weighted by atomic mass is 35.5. The molecule has 0 bridgehead atoms. The van der Waals surface area contributed by atoms with E-state index in [1.54, 1.807) is 24.5 Å². The summed E-state index contributed by atoms with van der Waals surface area (Å²) in [4.78, 5) is 11.1. The summed E-state index contributed by atoms with van der Waals surface area (Å²) in [5.74, 6) is 0.637. The topological polar surface area (TPSA) is 41.1 Å². The predicted octanol–water partition coefficient (Wildman–Crippen LogP) is 2.54. The molecule has 0 radical (unpaired) electrons. The summed E-state index contributed by atoms with van der Waals surface area (Å²) in [6, 6.07) is 6.32. The maximum Gasteiger partial charge on any atom is 0.147 e. The molecular formula is C14H17Cl2FN4. The van der Waals surface area contributed by atoms with Gasteiger partial charge in [0.25, 0.3) is 0 Å². The molecule has 114 valence electrons. The van der Waals surface area contributed by atoms with Crippen LogP contribution in [0.15, 0.2) is 36.7 Å². The predicted molar refractivity (Wildman–Crippen MR) is 87.0 cm³/mol. The standard InChI is InChI=1S/C14H15FN4.2ClH/c15-12-3-1-11(2-4-12)13-9-17-10-14(18-13)19-7-5-16-6-8-19;;/h1-4,9-10,16H,5-8H2;2*1H. The number of piperazine rings is 1. The van der Waals surface area contributed by atoms with Gasteiger partial charge < -0.3 is 10.2 Å². The zero-order chi connectivity index (χ0) is 13.1. The van der Waals surface area contributed by atoms with E-state index in [4.69, 9.17) is 0 Å². The average Bonchev–Trinajstić information content (AvgIpc) is 2.49. The monoisotopic (exact) mass is 330 g/mol. The quantitative estimate of drug-likeness (QED) is 0.918. The van der Waals surface area contributed by atoms with Gasteiger partial charge in [-0.3, -0.25) is 4.98 Å². The Balaban J connectivity index is 0.00000110. The Morgan fingerprint density at radius 2 is 1.67 bits per heavy atom. The molecule has 2 heterocycles. The van der Waals surface area contributed by atoms with Gasteiger partial charge in [0.2, 0.25) is 0 Å².